The molecule has 0 radical (unpaired) electrons. The Bertz CT molecular complexity index is 257. The monoisotopic (exact) mass is 156 g/mol. The van der Waals surface area contributed by atoms with Gasteiger partial charge in [-0.25, -0.2) is 10.6 Å². The Labute approximate surface area is 62.7 Å². The fourth-order valence-electron chi connectivity index (χ4n) is 0.570. The van der Waals surface area contributed by atoms with Crippen LogP contribution in [0.1, 0.15) is 5.69 Å². The molecule has 0 aliphatic rings. The molecule has 0 spiro atoms. The molecule has 0 saturated carbocycles. The van der Waals surface area contributed by atoms with Crippen molar-refractivity contribution < 1.29 is 9.32 Å². The molecule has 4 N–H and O–H groups in total. The van der Waals surface area contributed by atoms with Crippen molar-refractivity contribution >= 4 is 11.9 Å². The second-order valence-electron chi connectivity index (χ2n) is 1.93. The van der Waals surface area contributed by atoms with Gasteiger partial charge in [-0.3, -0.25) is 10.7 Å². The lowest BCUT2D eigenvalue weighted by molar-refractivity contribution is 0.251. The van der Waals surface area contributed by atoms with Crippen molar-refractivity contribution in [2.24, 2.45) is 5.84 Å². The molecule has 11 heavy (non-hydrogen) atoms. The zero-order valence-electron chi connectivity index (χ0n) is 5.92. The Morgan fingerprint density at radius 3 is 3.00 bits per heavy atom. The summed E-state index contributed by atoms with van der Waals surface area (Å²) < 4.78 is 4.66. The van der Waals surface area contributed by atoms with E-state index in [1.54, 1.807) is 13.0 Å². The van der Waals surface area contributed by atoms with Gasteiger partial charge in [-0.05, 0) is 6.92 Å². The fraction of sp³-hybridized carbons (Fsp3) is 0.200. The molecule has 1 rings (SSSR count). The third-order valence-corrected chi connectivity index (χ3v) is 0.996. The van der Waals surface area contributed by atoms with E-state index in [2.05, 4.69) is 15.0 Å². The van der Waals surface area contributed by atoms with Crippen LogP contribution < -0.4 is 16.6 Å². The Morgan fingerprint density at radius 1 is 1.82 bits per heavy atom. The number of hydrazine groups is 1. The zero-order chi connectivity index (χ0) is 8.27. The topological polar surface area (TPSA) is 93.2 Å². The van der Waals surface area contributed by atoms with E-state index < -0.39 is 6.03 Å². The van der Waals surface area contributed by atoms with E-state index in [9.17, 15) is 4.79 Å². The van der Waals surface area contributed by atoms with E-state index in [1.165, 1.54) is 0 Å². The predicted molar refractivity (Wildman–Crippen MR) is 37.6 cm³/mol. The highest BCUT2D eigenvalue weighted by atomic mass is 16.5. The van der Waals surface area contributed by atoms with Gasteiger partial charge in [0.2, 0.25) is 5.88 Å². The van der Waals surface area contributed by atoms with Gasteiger partial charge in [0.15, 0.2) is 0 Å². The predicted octanol–water partition coefficient (Wildman–Crippen LogP) is -0.0218. The van der Waals surface area contributed by atoms with Crippen molar-refractivity contribution in [2.45, 2.75) is 6.92 Å². The fourth-order valence-corrected chi connectivity index (χ4v) is 0.570. The zero-order valence-corrected chi connectivity index (χ0v) is 5.92. The van der Waals surface area contributed by atoms with Crippen molar-refractivity contribution in [3.05, 3.63) is 11.8 Å². The minimum absolute atomic E-state index is 0.269. The highest BCUT2D eigenvalue weighted by Crippen LogP contribution is 2.06. The number of nitrogens with one attached hydrogen (secondary N) is 2. The normalized spacial score (nSPS) is 9.27. The van der Waals surface area contributed by atoms with Gasteiger partial charge in [0.25, 0.3) is 0 Å². The molecule has 0 fully saturated rings. The lowest BCUT2D eigenvalue weighted by Gasteiger charge is -1.96. The molecule has 0 aromatic carbocycles. The largest absolute Gasteiger partial charge is 0.338 e. The molecule has 0 aliphatic carbocycles. The summed E-state index contributed by atoms with van der Waals surface area (Å²) in [5, 5.41) is 5.85. The van der Waals surface area contributed by atoms with Gasteiger partial charge in [-0.15, -0.1) is 0 Å². The smallest absolute Gasteiger partial charge is 0.335 e. The van der Waals surface area contributed by atoms with Gasteiger partial charge >= 0.3 is 6.03 Å². The summed E-state index contributed by atoms with van der Waals surface area (Å²) in [6.45, 7) is 1.75. The van der Waals surface area contributed by atoms with Crippen molar-refractivity contribution in [2.75, 3.05) is 5.32 Å². The first-order valence-corrected chi connectivity index (χ1v) is 2.93. The van der Waals surface area contributed by atoms with Gasteiger partial charge in [-0.2, -0.15) is 0 Å². The molecule has 0 bridgehead atoms. The van der Waals surface area contributed by atoms with E-state index in [0.29, 0.717) is 5.69 Å². The molecule has 0 unspecified atom stereocenters. The summed E-state index contributed by atoms with van der Waals surface area (Å²) in [5.74, 6) is 5.07. The van der Waals surface area contributed by atoms with Gasteiger partial charge in [0, 0.05) is 6.07 Å². The van der Waals surface area contributed by atoms with Crippen LogP contribution in [-0.4, -0.2) is 11.2 Å². The SMILES string of the molecule is Cc1cc(NC(=O)NN)on1. The van der Waals surface area contributed by atoms with Crippen LogP contribution in [0.25, 0.3) is 0 Å². The summed E-state index contributed by atoms with van der Waals surface area (Å²) in [6, 6.07) is 1.04. The van der Waals surface area contributed by atoms with Crippen LogP contribution in [0.15, 0.2) is 10.6 Å². The van der Waals surface area contributed by atoms with Crippen molar-refractivity contribution in [1.82, 2.24) is 10.6 Å². The minimum Gasteiger partial charge on any atom is -0.338 e. The van der Waals surface area contributed by atoms with Gasteiger partial charge in [0.05, 0.1) is 5.69 Å². The molecule has 1 aromatic rings. The molecule has 0 saturated heterocycles. The van der Waals surface area contributed by atoms with Crippen molar-refractivity contribution in [1.29, 1.82) is 0 Å². The van der Waals surface area contributed by atoms with Gasteiger partial charge in [0.1, 0.15) is 0 Å². The average Bonchev–Trinajstić information content (AvgIpc) is 2.35. The number of hydrogen-bond donors (Lipinski definition) is 3. The molecule has 0 aliphatic heterocycles. The highest BCUT2D eigenvalue weighted by Gasteiger charge is 2.02. The molecule has 6 nitrogen and oxygen atoms in total. The Balaban J connectivity index is 2.57. The van der Waals surface area contributed by atoms with E-state index in [-0.39, 0.29) is 5.88 Å². The van der Waals surface area contributed by atoms with E-state index in [0.717, 1.165) is 0 Å². The second-order valence-corrected chi connectivity index (χ2v) is 1.93. The van der Waals surface area contributed by atoms with Gasteiger partial charge < -0.3 is 4.52 Å². The number of aromatic nitrogens is 1. The van der Waals surface area contributed by atoms with Crippen LogP contribution >= 0.6 is 0 Å². The number of nitrogens with two attached hydrogens (primary N) is 1. The number of nitrogens with zero attached hydrogens (tertiary/aromatic N) is 1. The van der Waals surface area contributed by atoms with Gasteiger partial charge in [-0.1, -0.05) is 5.16 Å². The first kappa shape index (κ1) is 7.55. The molecule has 2 amide bonds. The first-order chi connectivity index (χ1) is 5.22. The van der Waals surface area contributed by atoms with E-state index in [1.807, 2.05) is 5.43 Å². The second kappa shape index (κ2) is 3.02. The number of rotatable bonds is 1. The maximum absolute atomic E-state index is 10.6. The number of amides is 2. The maximum Gasteiger partial charge on any atom is 0.335 e. The lowest BCUT2D eigenvalue weighted by Crippen LogP contribution is -2.34. The lowest BCUT2D eigenvalue weighted by atomic mass is 10.5. The standard InChI is InChI=1S/C5H8N4O2/c1-3-2-4(11-9-3)7-5(10)8-6/h2H,6H2,1H3,(H2,7,8,10). The number of urea groups is 1. The number of carbonyl (C=O) groups is 1. The number of anilines is 1. The summed E-state index contributed by atoms with van der Waals surface area (Å²) in [4.78, 5) is 10.6. The summed E-state index contributed by atoms with van der Waals surface area (Å²) in [5.41, 5.74) is 2.58. The molecule has 60 valence electrons. The molecule has 6 heteroatoms. The maximum atomic E-state index is 10.6. The molecular weight excluding hydrogens is 148 g/mol. The summed E-state index contributed by atoms with van der Waals surface area (Å²) >= 11 is 0. The third-order valence-electron chi connectivity index (χ3n) is 0.996. The number of carbonyl (C=O) groups excluding carboxylic acids is 1. The highest BCUT2D eigenvalue weighted by molar-refractivity contribution is 5.87. The third kappa shape index (κ3) is 1.94. The molecular formula is C5H8N4O2. The van der Waals surface area contributed by atoms with Crippen LogP contribution in [0.2, 0.25) is 0 Å². The van der Waals surface area contributed by atoms with E-state index in [4.69, 9.17) is 5.84 Å². The number of hydrogen-bond acceptors (Lipinski definition) is 4. The first-order valence-electron chi connectivity index (χ1n) is 2.93. The summed E-state index contributed by atoms with van der Waals surface area (Å²) in [7, 11) is 0. The van der Waals surface area contributed by atoms with Crippen molar-refractivity contribution in [3.8, 4) is 0 Å². The van der Waals surface area contributed by atoms with Crippen LogP contribution in [0, 0.1) is 6.92 Å². The van der Waals surface area contributed by atoms with Crippen molar-refractivity contribution in [3.63, 3.8) is 0 Å². The molecule has 1 aromatic heterocycles. The molecule has 0 atom stereocenters. The Morgan fingerprint density at radius 2 is 2.55 bits per heavy atom. The van der Waals surface area contributed by atoms with Crippen LogP contribution in [-0.2, 0) is 0 Å². The van der Waals surface area contributed by atoms with Crippen LogP contribution in [0.5, 0.6) is 0 Å². The number of aryl methyl sites for hydroxylation is 1. The van der Waals surface area contributed by atoms with Crippen LogP contribution in [0.3, 0.4) is 0 Å². The average molecular weight is 156 g/mol. The minimum atomic E-state index is -0.541. The Hall–Kier alpha value is -1.56. The molecule has 1 heterocycles. The Kier molecular flexibility index (Phi) is 2.07. The summed E-state index contributed by atoms with van der Waals surface area (Å²) in [6.07, 6.45) is 0. The van der Waals surface area contributed by atoms with E-state index >= 15 is 0 Å². The van der Waals surface area contributed by atoms with Crippen LogP contribution in [0.4, 0.5) is 10.7 Å². The quantitative estimate of drug-likeness (QED) is 0.302.